The number of nitrogens with zero attached hydrogens (tertiary/aromatic N) is 3. The van der Waals surface area contributed by atoms with Crippen LogP contribution in [-0.4, -0.2) is 65.1 Å². The second kappa shape index (κ2) is 11.4. The predicted octanol–water partition coefficient (Wildman–Crippen LogP) is 6.71. The van der Waals surface area contributed by atoms with Gasteiger partial charge in [-0.1, -0.05) is 30.3 Å². The third kappa shape index (κ3) is 5.41. The first-order valence-electron chi connectivity index (χ1n) is 15.4. The van der Waals surface area contributed by atoms with Crippen molar-refractivity contribution in [3.8, 4) is 16.9 Å². The lowest BCUT2D eigenvalue weighted by atomic mass is 9.76. The summed E-state index contributed by atoms with van der Waals surface area (Å²) in [5.74, 6) is 0.848. The summed E-state index contributed by atoms with van der Waals surface area (Å²) in [5, 5.41) is 14.3. The van der Waals surface area contributed by atoms with Crippen molar-refractivity contribution < 1.29 is 23.9 Å². The molecule has 3 aliphatic heterocycles. The Kier molecular flexibility index (Phi) is 7.77. The number of piperidine rings is 1. The number of allylic oxidation sites excluding steroid dienone is 2. The van der Waals surface area contributed by atoms with Crippen LogP contribution in [0.3, 0.4) is 0 Å². The molecule has 1 spiro atoms. The van der Waals surface area contributed by atoms with Gasteiger partial charge in [0.25, 0.3) is 0 Å². The van der Waals surface area contributed by atoms with E-state index in [0.29, 0.717) is 19.4 Å². The summed E-state index contributed by atoms with van der Waals surface area (Å²) in [5.41, 5.74) is 4.76. The van der Waals surface area contributed by atoms with Crippen LogP contribution in [0.1, 0.15) is 76.3 Å². The number of methoxy groups -OCH3 is 1. The molecule has 2 saturated heterocycles. The minimum atomic E-state index is -0.708. The van der Waals surface area contributed by atoms with Gasteiger partial charge in [0.15, 0.2) is 5.60 Å². The lowest BCUT2D eigenvalue weighted by Crippen LogP contribution is -2.62. The molecule has 2 unspecified atom stereocenters. The van der Waals surface area contributed by atoms with Gasteiger partial charge in [-0.2, -0.15) is 0 Å². The fraction of sp³-hybridized carbons (Fsp3) is 0.529. The molecular weight excluding hydrogens is 533 g/mol. The molecule has 0 radical (unpaired) electrons. The third-order valence-electron chi connectivity index (χ3n) is 9.81. The number of benzene rings is 2. The zero-order chi connectivity index (χ0) is 29.5. The molecule has 2 aromatic rings. The zero-order valence-electron chi connectivity index (χ0n) is 25.0. The topological polar surface area (TPSA) is 74.6 Å². The number of carbonyl (C=O) groups is 1. The highest BCUT2D eigenvalue weighted by molar-refractivity contribution is 5.85. The number of oxime groups is 1. The van der Waals surface area contributed by atoms with E-state index < -0.39 is 11.4 Å². The van der Waals surface area contributed by atoms with Gasteiger partial charge >= 0.3 is 5.97 Å². The molecule has 1 N–H and O–H groups in total. The quantitative estimate of drug-likeness (QED) is 0.396. The molecule has 0 amide bonds. The molecule has 3 heterocycles. The molecule has 4 aliphatic rings. The number of carboxylic acid groups (broad SMARTS) is 1. The number of hydrogen-bond acceptors (Lipinski definition) is 6. The maximum absolute atomic E-state index is 13.7. The summed E-state index contributed by atoms with van der Waals surface area (Å²) in [6, 6.07) is 11.3. The molecular formula is C34H42FN3O4. The van der Waals surface area contributed by atoms with Gasteiger partial charge in [0.2, 0.25) is 0 Å². The Balaban J connectivity index is 1.17. The van der Waals surface area contributed by atoms with E-state index in [2.05, 4.69) is 40.1 Å². The van der Waals surface area contributed by atoms with E-state index in [9.17, 15) is 14.3 Å². The van der Waals surface area contributed by atoms with Crippen molar-refractivity contribution in [2.24, 2.45) is 10.6 Å². The molecule has 2 aromatic carbocycles. The second-order valence-electron chi connectivity index (χ2n) is 12.9. The van der Waals surface area contributed by atoms with Crippen molar-refractivity contribution >= 4 is 17.4 Å². The second-order valence-corrected chi connectivity index (χ2v) is 12.9. The Bertz CT molecular complexity index is 1400. The standard InChI is InChI=1S/C34H42FN3O4/c1-4-27-18-33(2,32(39)40)14-15-38(27)31-19-34(42-36-31)21-37(22-34)20-25-16-28(23-8-6-5-7-9-23)29(17-30(25)41-3)24-10-12-26(35)13-11-24/h8,10-13,16-17,27H,4-7,9,14-15,18-22H2,1-3H3,(H,39,40). The maximum atomic E-state index is 13.7. The van der Waals surface area contributed by atoms with Crippen LogP contribution in [-0.2, 0) is 16.2 Å². The molecule has 6 rings (SSSR count). The monoisotopic (exact) mass is 575 g/mol. The van der Waals surface area contributed by atoms with Gasteiger partial charge in [0, 0.05) is 37.8 Å². The van der Waals surface area contributed by atoms with Gasteiger partial charge in [0.1, 0.15) is 17.4 Å². The number of ether oxygens (including phenoxy) is 1. The molecule has 1 aliphatic carbocycles. The average Bonchev–Trinajstić information content (AvgIpc) is 3.43. The lowest BCUT2D eigenvalue weighted by Gasteiger charge is -2.47. The maximum Gasteiger partial charge on any atom is 0.309 e. The summed E-state index contributed by atoms with van der Waals surface area (Å²) >= 11 is 0. The smallest absolute Gasteiger partial charge is 0.309 e. The molecule has 7 nitrogen and oxygen atoms in total. The van der Waals surface area contributed by atoms with Crippen LogP contribution in [0, 0.1) is 11.2 Å². The summed E-state index contributed by atoms with van der Waals surface area (Å²) in [7, 11) is 1.71. The fourth-order valence-electron chi connectivity index (χ4n) is 7.28. The molecule has 0 bridgehead atoms. The van der Waals surface area contributed by atoms with E-state index in [0.717, 1.165) is 73.6 Å². The summed E-state index contributed by atoms with van der Waals surface area (Å²) in [6.45, 7) is 6.97. The number of aliphatic carboxylic acids is 1. The Morgan fingerprint density at radius 1 is 1.19 bits per heavy atom. The number of halogens is 1. The van der Waals surface area contributed by atoms with Gasteiger partial charge in [-0.3, -0.25) is 9.69 Å². The average molecular weight is 576 g/mol. The first-order valence-corrected chi connectivity index (χ1v) is 15.4. The minimum Gasteiger partial charge on any atom is -0.496 e. The van der Waals surface area contributed by atoms with Gasteiger partial charge in [-0.15, -0.1) is 0 Å². The summed E-state index contributed by atoms with van der Waals surface area (Å²) in [4.78, 5) is 22.6. The zero-order valence-corrected chi connectivity index (χ0v) is 25.0. The van der Waals surface area contributed by atoms with Gasteiger partial charge in [-0.05, 0) is 98.4 Å². The van der Waals surface area contributed by atoms with E-state index in [4.69, 9.17) is 9.57 Å². The van der Waals surface area contributed by atoms with Gasteiger partial charge < -0.3 is 19.6 Å². The van der Waals surface area contributed by atoms with Gasteiger partial charge in [-0.25, -0.2) is 4.39 Å². The van der Waals surface area contributed by atoms with Crippen molar-refractivity contribution in [1.29, 1.82) is 0 Å². The van der Waals surface area contributed by atoms with Crippen LogP contribution in [0.5, 0.6) is 5.75 Å². The number of amidine groups is 1. The van der Waals surface area contributed by atoms with E-state index in [1.807, 2.05) is 19.1 Å². The van der Waals surface area contributed by atoms with Crippen LogP contribution in [0.4, 0.5) is 4.39 Å². The van der Waals surface area contributed by atoms with Crippen LogP contribution in [0.2, 0.25) is 0 Å². The first kappa shape index (κ1) is 28.7. The molecule has 0 aromatic heterocycles. The van der Waals surface area contributed by atoms with Crippen LogP contribution in [0.25, 0.3) is 16.7 Å². The lowest BCUT2D eigenvalue weighted by molar-refractivity contribution is -0.151. The van der Waals surface area contributed by atoms with Crippen LogP contribution >= 0.6 is 0 Å². The Hall–Kier alpha value is -3.39. The highest BCUT2D eigenvalue weighted by atomic mass is 19.1. The molecule has 224 valence electrons. The van der Waals surface area contributed by atoms with Crippen LogP contribution in [0.15, 0.2) is 47.6 Å². The molecule has 0 saturated carbocycles. The Labute approximate surface area is 248 Å². The largest absolute Gasteiger partial charge is 0.496 e. The van der Waals surface area contributed by atoms with E-state index in [-0.39, 0.29) is 17.5 Å². The molecule has 42 heavy (non-hydrogen) atoms. The molecule has 2 fully saturated rings. The van der Waals surface area contributed by atoms with Crippen molar-refractivity contribution in [3.05, 3.63) is 59.4 Å². The fourth-order valence-corrected chi connectivity index (χ4v) is 7.28. The van der Waals surface area contributed by atoms with E-state index >= 15 is 0 Å². The number of likely N-dealkylation sites (tertiary alicyclic amines) is 2. The number of hydrogen-bond donors (Lipinski definition) is 1. The first-order chi connectivity index (χ1) is 20.2. The van der Waals surface area contributed by atoms with Crippen molar-refractivity contribution in [1.82, 2.24) is 9.80 Å². The van der Waals surface area contributed by atoms with Gasteiger partial charge in [0.05, 0.1) is 18.9 Å². The number of carboxylic acids is 1. The highest BCUT2D eigenvalue weighted by Crippen LogP contribution is 2.43. The third-order valence-corrected chi connectivity index (χ3v) is 9.81. The molecule has 2 atom stereocenters. The normalized spacial score (nSPS) is 25.4. The Morgan fingerprint density at radius 3 is 2.64 bits per heavy atom. The van der Waals surface area contributed by atoms with Crippen molar-refractivity contribution in [2.75, 3.05) is 26.7 Å². The van der Waals surface area contributed by atoms with Crippen molar-refractivity contribution in [3.63, 3.8) is 0 Å². The highest BCUT2D eigenvalue weighted by Gasteiger charge is 2.52. The minimum absolute atomic E-state index is 0.157. The van der Waals surface area contributed by atoms with E-state index in [1.54, 1.807) is 7.11 Å². The predicted molar refractivity (Wildman–Crippen MR) is 162 cm³/mol. The number of rotatable bonds is 7. The molecule has 8 heteroatoms. The van der Waals surface area contributed by atoms with E-state index in [1.165, 1.54) is 36.1 Å². The SMILES string of the molecule is CCC1CC(C)(C(=O)O)CCN1C1=NOC2(C1)CN(Cc1cc(C3=CCCCC3)c(-c3ccc(F)cc3)cc1OC)C2. The van der Waals surface area contributed by atoms with Crippen LogP contribution < -0.4 is 4.74 Å². The van der Waals surface area contributed by atoms with Crippen molar-refractivity contribution in [2.45, 2.75) is 83.4 Å². The Morgan fingerprint density at radius 2 is 1.98 bits per heavy atom. The summed E-state index contributed by atoms with van der Waals surface area (Å²) < 4.78 is 19.6. The summed E-state index contributed by atoms with van der Waals surface area (Å²) in [6.07, 6.45) is 9.75.